The molecule has 1 amide bonds. The summed E-state index contributed by atoms with van der Waals surface area (Å²) in [5.74, 6) is 2.03. The number of carbonyl (C=O) groups is 1. The maximum atomic E-state index is 13.1. The summed E-state index contributed by atoms with van der Waals surface area (Å²) in [4.78, 5) is 20.4. The van der Waals surface area contributed by atoms with Crippen LogP contribution < -0.4 is 9.47 Å². The Morgan fingerprint density at radius 1 is 0.938 bits per heavy atom. The van der Waals surface area contributed by atoms with E-state index in [2.05, 4.69) is 18.2 Å². The van der Waals surface area contributed by atoms with Crippen LogP contribution in [0.2, 0.25) is 0 Å². The number of hydrogen-bond donors (Lipinski definition) is 0. The average Bonchev–Trinajstić information content (AvgIpc) is 2.87. The third-order valence-electron chi connectivity index (χ3n) is 7.26. The molecule has 2 aliphatic heterocycles. The van der Waals surface area contributed by atoms with E-state index in [-0.39, 0.29) is 11.9 Å². The molecule has 5 rings (SSSR count). The molecule has 5 heteroatoms. The monoisotopic (exact) mass is 432 g/mol. The molecule has 0 spiro atoms. The molecule has 1 saturated carbocycles. The van der Waals surface area contributed by atoms with Gasteiger partial charge in [0, 0.05) is 35.7 Å². The molecule has 3 aliphatic rings. The second-order valence-electron chi connectivity index (χ2n) is 9.16. The van der Waals surface area contributed by atoms with Crippen molar-refractivity contribution in [3.05, 3.63) is 58.7 Å². The van der Waals surface area contributed by atoms with Crippen LogP contribution in [-0.2, 0) is 0 Å². The van der Waals surface area contributed by atoms with Crippen molar-refractivity contribution in [1.82, 2.24) is 4.90 Å². The van der Waals surface area contributed by atoms with E-state index in [0.29, 0.717) is 11.7 Å². The van der Waals surface area contributed by atoms with Crippen molar-refractivity contribution in [2.45, 2.75) is 56.9 Å². The standard InChI is InChI=1S/C27H32N2O3/c1-31-24-16-21-20-11-4-5-12-23(20)28-26(22(21)17-25(24)32-2)18-9-8-10-19(15-18)27(30)29-13-6-3-7-14-29/h8-10,15-17,20,23H,3-7,11-14H2,1-2H3. The van der Waals surface area contributed by atoms with Crippen LogP contribution in [0, 0.1) is 0 Å². The molecule has 0 radical (unpaired) electrons. The van der Waals surface area contributed by atoms with E-state index in [1.54, 1.807) is 14.2 Å². The van der Waals surface area contributed by atoms with E-state index in [1.165, 1.54) is 24.8 Å². The Labute approximate surface area is 190 Å². The minimum absolute atomic E-state index is 0.131. The average molecular weight is 433 g/mol. The van der Waals surface area contributed by atoms with E-state index < -0.39 is 0 Å². The summed E-state index contributed by atoms with van der Waals surface area (Å²) >= 11 is 0. The Hall–Kier alpha value is -2.82. The van der Waals surface area contributed by atoms with Gasteiger partial charge >= 0.3 is 0 Å². The summed E-state index contributed by atoms with van der Waals surface area (Å²) in [5, 5.41) is 0. The van der Waals surface area contributed by atoms with Crippen molar-refractivity contribution in [3.63, 3.8) is 0 Å². The van der Waals surface area contributed by atoms with Crippen LogP contribution in [0.5, 0.6) is 11.5 Å². The van der Waals surface area contributed by atoms with Crippen LogP contribution in [0.15, 0.2) is 41.4 Å². The summed E-state index contributed by atoms with van der Waals surface area (Å²) in [7, 11) is 3.36. The number of hydrogen-bond acceptors (Lipinski definition) is 4. The molecule has 1 saturated heterocycles. The van der Waals surface area contributed by atoms with Crippen molar-refractivity contribution >= 4 is 11.6 Å². The highest BCUT2D eigenvalue weighted by Crippen LogP contribution is 2.44. The van der Waals surface area contributed by atoms with Crippen LogP contribution in [0.25, 0.3) is 0 Å². The van der Waals surface area contributed by atoms with Crippen LogP contribution in [0.1, 0.15) is 77.9 Å². The smallest absolute Gasteiger partial charge is 0.253 e. The second kappa shape index (κ2) is 8.97. The lowest BCUT2D eigenvalue weighted by Gasteiger charge is -2.36. The maximum absolute atomic E-state index is 13.1. The summed E-state index contributed by atoms with van der Waals surface area (Å²) in [6, 6.07) is 12.5. The van der Waals surface area contributed by atoms with Gasteiger partial charge in [-0.25, -0.2) is 0 Å². The molecule has 168 valence electrons. The topological polar surface area (TPSA) is 51.1 Å². The summed E-state index contributed by atoms with van der Waals surface area (Å²) < 4.78 is 11.2. The highest BCUT2D eigenvalue weighted by molar-refractivity contribution is 6.15. The highest BCUT2D eigenvalue weighted by Gasteiger charge is 2.34. The van der Waals surface area contributed by atoms with Crippen molar-refractivity contribution in [3.8, 4) is 11.5 Å². The molecule has 0 N–H and O–H groups in total. The van der Waals surface area contributed by atoms with E-state index >= 15 is 0 Å². The number of fused-ring (bicyclic) bond motifs is 3. The second-order valence-corrected chi connectivity index (χ2v) is 9.16. The number of likely N-dealkylation sites (tertiary alicyclic amines) is 1. The normalized spacial score (nSPS) is 22.4. The van der Waals surface area contributed by atoms with Gasteiger partial charge in [-0.3, -0.25) is 9.79 Å². The molecule has 2 fully saturated rings. The Morgan fingerprint density at radius 2 is 1.69 bits per heavy atom. The number of piperidine rings is 1. The zero-order valence-corrected chi connectivity index (χ0v) is 19.1. The predicted octanol–water partition coefficient (Wildman–Crippen LogP) is 5.21. The molecule has 32 heavy (non-hydrogen) atoms. The molecular weight excluding hydrogens is 400 g/mol. The van der Waals surface area contributed by atoms with Gasteiger partial charge in [-0.2, -0.15) is 0 Å². The molecule has 0 aromatic heterocycles. The molecule has 2 unspecified atom stereocenters. The molecule has 1 aliphatic carbocycles. The first kappa shape index (κ1) is 21.0. The summed E-state index contributed by atoms with van der Waals surface area (Å²) in [5.41, 5.74) is 5.13. The zero-order chi connectivity index (χ0) is 22.1. The minimum Gasteiger partial charge on any atom is -0.493 e. The van der Waals surface area contributed by atoms with Crippen LogP contribution in [0.4, 0.5) is 0 Å². The number of aliphatic imine (C=N–C) groups is 1. The SMILES string of the molecule is COc1cc2c(cc1OC)C1CCCCC1N=C2c1cccc(C(=O)N2CCCCC2)c1. The van der Waals surface area contributed by atoms with Gasteiger partial charge in [0.05, 0.1) is 26.0 Å². The van der Waals surface area contributed by atoms with Gasteiger partial charge in [0.2, 0.25) is 0 Å². The highest BCUT2D eigenvalue weighted by atomic mass is 16.5. The van der Waals surface area contributed by atoms with Crippen molar-refractivity contribution in [2.24, 2.45) is 4.99 Å². The van der Waals surface area contributed by atoms with Crippen molar-refractivity contribution in [2.75, 3.05) is 27.3 Å². The maximum Gasteiger partial charge on any atom is 0.253 e. The van der Waals surface area contributed by atoms with Crippen molar-refractivity contribution < 1.29 is 14.3 Å². The molecule has 2 atom stereocenters. The quantitative estimate of drug-likeness (QED) is 0.667. The molecule has 2 aromatic rings. The number of carbonyl (C=O) groups excluding carboxylic acids is 1. The molecular formula is C27H32N2O3. The van der Waals surface area contributed by atoms with Crippen LogP contribution >= 0.6 is 0 Å². The predicted molar refractivity (Wildman–Crippen MR) is 126 cm³/mol. The minimum atomic E-state index is 0.131. The van der Waals surface area contributed by atoms with E-state index in [0.717, 1.165) is 66.9 Å². The van der Waals surface area contributed by atoms with E-state index in [1.807, 2.05) is 23.1 Å². The number of ether oxygens (including phenoxy) is 2. The fourth-order valence-electron chi connectivity index (χ4n) is 5.58. The number of benzene rings is 2. The number of methoxy groups -OCH3 is 2. The van der Waals surface area contributed by atoms with Gasteiger partial charge < -0.3 is 14.4 Å². The van der Waals surface area contributed by atoms with Gasteiger partial charge in [0.1, 0.15) is 0 Å². The van der Waals surface area contributed by atoms with Gasteiger partial charge in [-0.1, -0.05) is 25.0 Å². The Kier molecular flexibility index (Phi) is 5.90. The van der Waals surface area contributed by atoms with Crippen molar-refractivity contribution in [1.29, 1.82) is 0 Å². The van der Waals surface area contributed by atoms with Gasteiger partial charge in [0.15, 0.2) is 11.5 Å². The first-order valence-corrected chi connectivity index (χ1v) is 11.9. The molecule has 0 bridgehead atoms. The zero-order valence-electron chi connectivity index (χ0n) is 19.1. The lowest BCUT2D eigenvalue weighted by molar-refractivity contribution is 0.0724. The van der Waals surface area contributed by atoms with Crippen LogP contribution in [-0.4, -0.2) is 49.9 Å². The third-order valence-corrected chi connectivity index (χ3v) is 7.26. The van der Waals surface area contributed by atoms with Crippen LogP contribution in [0.3, 0.4) is 0 Å². The Bertz CT molecular complexity index is 1040. The number of rotatable bonds is 4. The van der Waals surface area contributed by atoms with E-state index in [9.17, 15) is 4.79 Å². The summed E-state index contributed by atoms with van der Waals surface area (Å²) in [6.45, 7) is 1.71. The largest absolute Gasteiger partial charge is 0.493 e. The Morgan fingerprint density at radius 3 is 2.47 bits per heavy atom. The fourth-order valence-corrected chi connectivity index (χ4v) is 5.58. The first-order valence-electron chi connectivity index (χ1n) is 11.9. The summed E-state index contributed by atoms with van der Waals surface area (Å²) in [6.07, 6.45) is 8.11. The Balaban J connectivity index is 1.57. The van der Waals surface area contributed by atoms with Gasteiger partial charge in [-0.05, 0) is 61.9 Å². The fraction of sp³-hybridized carbons (Fsp3) is 0.481. The van der Waals surface area contributed by atoms with Gasteiger partial charge in [-0.15, -0.1) is 0 Å². The lowest BCUT2D eigenvalue weighted by atomic mass is 9.75. The third kappa shape index (κ3) is 3.78. The van der Waals surface area contributed by atoms with Gasteiger partial charge in [0.25, 0.3) is 5.91 Å². The number of nitrogens with zero attached hydrogens (tertiary/aromatic N) is 2. The molecule has 2 heterocycles. The first-order chi connectivity index (χ1) is 15.7. The van der Waals surface area contributed by atoms with E-state index in [4.69, 9.17) is 14.5 Å². The molecule has 5 nitrogen and oxygen atoms in total. The lowest BCUT2D eigenvalue weighted by Crippen LogP contribution is -2.35. The number of amides is 1. The molecule has 2 aromatic carbocycles.